The van der Waals surface area contributed by atoms with Crippen molar-refractivity contribution < 1.29 is 14.3 Å². The van der Waals surface area contributed by atoms with Gasteiger partial charge in [-0.2, -0.15) is 5.10 Å². The number of H-pyrrole nitrogens is 1. The monoisotopic (exact) mass is 294 g/mol. The molecule has 1 aliphatic rings. The molecule has 0 saturated carbocycles. The third-order valence-electron chi connectivity index (χ3n) is 3.14. The molecule has 1 aromatic rings. The second kappa shape index (κ2) is 6.98. The highest BCUT2D eigenvalue weighted by Crippen LogP contribution is 2.11. The summed E-state index contributed by atoms with van der Waals surface area (Å²) in [7, 11) is 0. The van der Waals surface area contributed by atoms with Crippen LogP contribution < -0.4 is 10.9 Å². The van der Waals surface area contributed by atoms with Crippen LogP contribution in [-0.4, -0.2) is 59.3 Å². The van der Waals surface area contributed by atoms with E-state index < -0.39 is 11.9 Å². The molecule has 0 spiro atoms. The summed E-state index contributed by atoms with van der Waals surface area (Å²) in [5.41, 5.74) is -0.282. The summed E-state index contributed by atoms with van der Waals surface area (Å²) in [6, 6.07) is 1.90. The summed E-state index contributed by atoms with van der Waals surface area (Å²) in [5.74, 6) is -0.638. The zero-order valence-electron chi connectivity index (χ0n) is 11.8. The number of morpholine rings is 1. The fourth-order valence-corrected chi connectivity index (χ4v) is 2.04. The largest absolute Gasteiger partial charge is 0.377 e. The van der Waals surface area contributed by atoms with Crippen LogP contribution in [0.15, 0.2) is 16.9 Å². The van der Waals surface area contributed by atoms with Crippen molar-refractivity contribution in [3.05, 3.63) is 28.2 Å². The van der Waals surface area contributed by atoms with E-state index in [9.17, 15) is 14.4 Å². The molecule has 21 heavy (non-hydrogen) atoms. The van der Waals surface area contributed by atoms with Gasteiger partial charge in [-0.25, -0.2) is 5.10 Å². The van der Waals surface area contributed by atoms with Crippen LogP contribution in [0.2, 0.25) is 0 Å². The maximum absolute atomic E-state index is 12.4. The molecular weight excluding hydrogens is 276 g/mol. The normalized spacial score (nSPS) is 18.3. The van der Waals surface area contributed by atoms with E-state index in [0.29, 0.717) is 19.7 Å². The molecule has 0 radical (unpaired) electrons. The third kappa shape index (κ3) is 3.66. The van der Waals surface area contributed by atoms with E-state index in [1.54, 1.807) is 0 Å². The summed E-state index contributed by atoms with van der Waals surface area (Å²) >= 11 is 0. The Morgan fingerprint density at radius 2 is 2.33 bits per heavy atom. The molecule has 1 fully saturated rings. The molecule has 0 aliphatic carbocycles. The van der Waals surface area contributed by atoms with Gasteiger partial charge in [0.15, 0.2) is 0 Å². The highest BCUT2D eigenvalue weighted by molar-refractivity contribution is 5.96. The van der Waals surface area contributed by atoms with E-state index in [-0.39, 0.29) is 23.8 Å². The van der Waals surface area contributed by atoms with E-state index in [4.69, 9.17) is 4.74 Å². The number of rotatable bonds is 4. The molecule has 1 saturated heterocycles. The molecule has 1 atom stereocenters. The van der Waals surface area contributed by atoms with E-state index in [0.717, 1.165) is 6.42 Å². The number of nitrogens with one attached hydrogen (secondary N) is 2. The van der Waals surface area contributed by atoms with Gasteiger partial charge in [0.1, 0.15) is 11.7 Å². The molecule has 8 nitrogen and oxygen atoms in total. The van der Waals surface area contributed by atoms with E-state index in [2.05, 4.69) is 15.5 Å². The van der Waals surface area contributed by atoms with Gasteiger partial charge in [-0.15, -0.1) is 0 Å². The van der Waals surface area contributed by atoms with Gasteiger partial charge in [-0.05, 0) is 12.5 Å². The van der Waals surface area contributed by atoms with Gasteiger partial charge in [-0.3, -0.25) is 14.4 Å². The smallest absolute Gasteiger partial charge is 0.275 e. The van der Waals surface area contributed by atoms with Gasteiger partial charge in [-0.1, -0.05) is 6.92 Å². The molecule has 0 aromatic carbocycles. The Morgan fingerprint density at radius 3 is 3.00 bits per heavy atom. The third-order valence-corrected chi connectivity index (χ3v) is 3.14. The molecule has 2 N–H and O–H groups in total. The molecule has 0 bridgehead atoms. The van der Waals surface area contributed by atoms with E-state index in [1.165, 1.54) is 17.0 Å². The first-order valence-electron chi connectivity index (χ1n) is 6.85. The molecule has 2 amide bonds. The number of carbonyl (C=O) groups is 2. The molecular formula is C13H18N4O4. The van der Waals surface area contributed by atoms with Crippen molar-refractivity contribution >= 4 is 11.8 Å². The predicted molar refractivity (Wildman–Crippen MR) is 73.8 cm³/mol. The van der Waals surface area contributed by atoms with Gasteiger partial charge in [0, 0.05) is 19.2 Å². The fraction of sp³-hybridized carbons (Fsp3) is 0.538. The van der Waals surface area contributed by atoms with Crippen LogP contribution in [0.3, 0.4) is 0 Å². The van der Waals surface area contributed by atoms with Gasteiger partial charge in [0.25, 0.3) is 11.5 Å². The Bertz CT molecular complexity index is 551. The summed E-state index contributed by atoms with van der Waals surface area (Å²) in [6.45, 7) is 3.33. The Morgan fingerprint density at radius 1 is 1.52 bits per heavy atom. The second-order valence-electron chi connectivity index (χ2n) is 4.69. The first-order chi connectivity index (χ1) is 10.1. The van der Waals surface area contributed by atoms with Crippen LogP contribution in [0.25, 0.3) is 0 Å². The van der Waals surface area contributed by atoms with Crippen molar-refractivity contribution in [3.8, 4) is 0 Å². The van der Waals surface area contributed by atoms with Crippen LogP contribution >= 0.6 is 0 Å². The zero-order valence-corrected chi connectivity index (χ0v) is 11.8. The average molecular weight is 294 g/mol. The van der Waals surface area contributed by atoms with Gasteiger partial charge in [0.2, 0.25) is 5.91 Å². The highest BCUT2D eigenvalue weighted by Gasteiger charge is 2.33. The lowest BCUT2D eigenvalue weighted by atomic mass is 10.2. The van der Waals surface area contributed by atoms with E-state index >= 15 is 0 Å². The minimum absolute atomic E-state index is 0.102. The van der Waals surface area contributed by atoms with Crippen LogP contribution in [0.1, 0.15) is 23.8 Å². The van der Waals surface area contributed by atoms with Crippen LogP contribution in [-0.2, 0) is 9.53 Å². The SMILES string of the molecule is CCCNC(=O)C1COCCN1C(=O)c1ccc(=O)[nH]n1. The summed E-state index contributed by atoms with van der Waals surface area (Å²) in [5, 5.41) is 8.68. The summed E-state index contributed by atoms with van der Waals surface area (Å²) in [6.07, 6.45) is 0.814. The van der Waals surface area contributed by atoms with Crippen molar-refractivity contribution in [2.45, 2.75) is 19.4 Å². The number of ether oxygens (including phenoxy) is 1. The van der Waals surface area contributed by atoms with Crippen molar-refractivity contribution in [1.82, 2.24) is 20.4 Å². The average Bonchev–Trinajstić information content (AvgIpc) is 2.52. The Hall–Kier alpha value is -2.22. The molecule has 1 aliphatic heterocycles. The van der Waals surface area contributed by atoms with Gasteiger partial charge < -0.3 is 15.0 Å². The van der Waals surface area contributed by atoms with Crippen molar-refractivity contribution in [2.75, 3.05) is 26.3 Å². The number of carbonyl (C=O) groups excluding carboxylic acids is 2. The molecule has 8 heteroatoms. The fourth-order valence-electron chi connectivity index (χ4n) is 2.04. The predicted octanol–water partition coefficient (Wildman–Crippen LogP) is -0.863. The van der Waals surface area contributed by atoms with Gasteiger partial charge >= 0.3 is 0 Å². The lowest BCUT2D eigenvalue weighted by molar-refractivity contribution is -0.130. The van der Waals surface area contributed by atoms with Crippen LogP contribution in [0, 0.1) is 0 Å². The zero-order chi connectivity index (χ0) is 15.2. The first-order valence-corrected chi connectivity index (χ1v) is 6.85. The molecule has 1 unspecified atom stereocenters. The maximum atomic E-state index is 12.4. The lowest BCUT2D eigenvalue weighted by Gasteiger charge is -2.34. The summed E-state index contributed by atoms with van der Waals surface area (Å²) < 4.78 is 5.29. The minimum atomic E-state index is -0.675. The lowest BCUT2D eigenvalue weighted by Crippen LogP contribution is -2.56. The van der Waals surface area contributed by atoms with Crippen molar-refractivity contribution in [3.63, 3.8) is 0 Å². The van der Waals surface area contributed by atoms with Crippen molar-refractivity contribution in [2.24, 2.45) is 0 Å². The second-order valence-corrected chi connectivity index (χ2v) is 4.69. The highest BCUT2D eigenvalue weighted by atomic mass is 16.5. The molecule has 2 heterocycles. The molecule has 114 valence electrons. The topological polar surface area (TPSA) is 104 Å². The number of aromatic nitrogens is 2. The number of aromatic amines is 1. The number of amides is 2. The standard InChI is InChI=1S/C13H18N4O4/c1-2-5-14-12(19)10-8-21-7-6-17(10)13(20)9-3-4-11(18)16-15-9/h3-4,10H,2,5-8H2,1H3,(H,14,19)(H,16,18). The van der Waals surface area contributed by atoms with Crippen LogP contribution in [0.5, 0.6) is 0 Å². The Labute approximate surface area is 121 Å². The number of hydrogen-bond acceptors (Lipinski definition) is 5. The Balaban J connectivity index is 2.14. The maximum Gasteiger partial charge on any atom is 0.275 e. The Kier molecular flexibility index (Phi) is 5.04. The molecule has 2 rings (SSSR count). The van der Waals surface area contributed by atoms with E-state index in [1.807, 2.05) is 6.92 Å². The number of nitrogens with zero attached hydrogens (tertiary/aromatic N) is 2. The quantitative estimate of drug-likeness (QED) is 0.751. The first kappa shape index (κ1) is 15.2. The molecule has 1 aromatic heterocycles. The minimum Gasteiger partial charge on any atom is -0.377 e. The van der Waals surface area contributed by atoms with Crippen molar-refractivity contribution in [1.29, 1.82) is 0 Å². The van der Waals surface area contributed by atoms with Gasteiger partial charge in [0.05, 0.1) is 13.2 Å². The summed E-state index contributed by atoms with van der Waals surface area (Å²) in [4.78, 5) is 36.9. The van der Waals surface area contributed by atoms with Crippen LogP contribution in [0.4, 0.5) is 0 Å². The number of hydrogen-bond donors (Lipinski definition) is 2.